The number of fused-ring (bicyclic) bond motifs is 1. The minimum atomic E-state index is -0.509. The zero-order valence-electron chi connectivity index (χ0n) is 16.1. The fraction of sp³-hybridized carbons (Fsp3) is 0.217. The fourth-order valence-electron chi connectivity index (χ4n) is 3.38. The number of nitrogens with zero attached hydrogens (tertiary/aromatic N) is 1. The lowest BCUT2D eigenvalue weighted by molar-refractivity contribution is -0.134. The second-order valence-corrected chi connectivity index (χ2v) is 7.29. The molecule has 4 nitrogen and oxygen atoms in total. The van der Waals surface area contributed by atoms with Crippen molar-refractivity contribution in [1.82, 2.24) is 0 Å². The molecule has 138 valence electrons. The molecule has 4 heteroatoms. The van der Waals surface area contributed by atoms with E-state index in [1.165, 1.54) is 17.7 Å². The van der Waals surface area contributed by atoms with E-state index < -0.39 is 5.97 Å². The van der Waals surface area contributed by atoms with Crippen molar-refractivity contribution in [3.63, 3.8) is 0 Å². The smallest absolute Gasteiger partial charge is 0.338 e. The average Bonchev–Trinajstić information content (AvgIpc) is 2.82. The van der Waals surface area contributed by atoms with Crippen LogP contribution in [0, 0.1) is 0 Å². The number of rotatable bonds is 3. The summed E-state index contributed by atoms with van der Waals surface area (Å²) >= 11 is 0. The predicted molar refractivity (Wildman–Crippen MR) is 107 cm³/mol. The van der Waals surface area contributed by atoms with Crippen LogP contribution in [0.15, 0.2) is 83.8 Å². The third-order valence-electron chi connectivity index (χ3n) is 4.90. The second kappa shape index (κ2) is 6.88. The third-order valence-corrected chi connectivity index (χ3v) is 4.90. The number of allylic oxidation sites excluding steroid dienone is 7. The Kier molecular flexibility index (Phi) is 4.75. The van der Waals surface area contributed by atoms with E-state index >= 15 is 0 Å². The Balaban J connectivity index is 1.93. The molecular formula is C23H23NO3. The first kappa shape index (κ1) is 18.6. The predicted octanol–water partition coefficient (Wildman–Crippen LogP) is 4.37. The van der Waals surface area contributed by atoms with E-state index in [2.05, 4.69) is 37.5 Å². The van der Waals surface area contributed by atoms with Gasteiger partial charge in [0.05, 0.1) is 0 Å². The van der Waals surface area contributed by atoms with E-state index in [0.29, 0.717) is 16.9 Å². The second-order valence-electron chi connectivity index (χ2n) is 7.29. The van der Waals surface area contributed by atoms with Crippen LogP contribution < -0.4 is 4.90 Å². The zero-order chi connectivity index (χ0) is 19.8. The number of likely N-dealkylation sites (N-methyl/N-ethyl adjacent to an activating group) is 1. The van der Waals surface area contributed by atoms with Gasteiger partial charge in [-0.05, 0) is 48.9 Å². The number of para-hydroxylation sites is 1. The van der Waals surface area contributed by atoms with E-state index in [4.69, 9.17) is 4.74 Å². The molecular weight excluding hydrogens is 338 g/mol. The summed E-state index contributed by atoms with van der Waals surface area (Å²) in [5, 5.41) is 0. The third kappa shape index (κ3) is 3.43. The van der Waals surface area contributed by atoms with Gasteiger partial charge in [-0.2, -0.15) is 0 Å². The van der Waals surface area contributed by atoms with Crippen molar-refractivity contribution in [3.05, 3.63) is 89.4 Å². The van der Waals surface area contributed by atoms with Crippen LogP contribution in [0.5, 0.6) is 0 Å². The van der Waals surface area contributed by atoms with E-state index in [1.54, 1.807) is 19.1 Å². The van der Waals surface area contributed by atoms with Gasteiger partial charge in [0.15, 0.2) is 5.78 Å². The number of benzene rings is 1. The van der Waals surface area contributed by atoms with Crippen molar-refractivity contribution in [2.75, 3.05) is 11.9 Å². The van der Waals surface area contributed by atoms with E-state index in [-0.39, 0.29) is 11.2 Å². The lowest BCUT2D eigenvalue weighted by Crippen LogP contribution is -2.22. The van der Waals surface area contributed by atoms with Crippen LogP contribution in [0.2, 0.25) is 0 Å². The van der Waals surface area contributed by atoms with E-state index in [0.717, 1.165) is 11.4 Å². The number of hydrogen-bond acceptors (Lipinski definition) is 4. The summed E-state index contributed by atoms with van der Waals surface area (Å²) < 4.78 is 5.23. The molecule has 0 N–H and O–H groups in total. The van der Waals surface area contributed by atoms with Gasteiger partial charge in [0.2, 0.25) is 0 Å². The number of carbonyl (C=O) groups is 2. The summed E-state index contributed by atoms with van der Waals surface area (Å²) in [6.45, 7) is 9.48. The summed E-state index contributed by atoms with van der Waals surface area (Å²) in [6.07, 6.45) is 8.22. The standard InChI is InChI=1S/C23H23NO3/c1-15(2)22(26)27-17-11-12-20(25)16(14-17)10-13-21-23(3,4)18-8-6-7-9-19(18)24(21)5/h6-14H,1H2,2-5H3. The van der Waals surface area contributed by atoms with Gasteiger partial charge in [0, 0.05) is 35.0 Å². The number of hydrogen-bond donors (Lipinski definition) is 0. The van der Waals surface area contributed by atoms with E-state index in [1.807, 2.05) is 25.3 Å². The number of ether oxygens (including phenoxy) is 1. The molecule has 1 aliphatic heterocycles. The highest BCUT2D eigenvalue weighted by molar-refractivity contribution is 6.08. The van der Waals surface area contributed by atoms with Gasteiger partial charge in [0.1, 0.15) is 5.76 Å². The molecule has 1 heterocycles. The molecule has 0 amide bonds. The van der Waals surface area contributed by atoms with Gasteiger partial charge in [-0.3, -0.25) is 4.79 Å². The van der Waals surface area contributed by atoms with Gasteiger partial charge >= 0.3 is 5.97 Å². The number of esters is 1. The highest BCUT2D eigenvalue weighted by Gasteiger charge is 2.37. The molecule has 1 aromatic rings. The fourth-order valence-corrected chi connectivity index (χ4v) is 3.38. The van der Waals surface area contributed by atoms with Gasteiger partial charge in [0.25, 0.3) is 0 Å². The van der Waals surface area contributed by atoms with Crippen LogP contribution >= 0.6 is 0 Å². The molecule has 0 unspecified atom stereocenters. The maximum atomic E-state index is 12.2. The lowest BCUT2D eigenvalue weighted by atomic mass is 9.83. The molecule has 0 saturated carbocycles. The molecule has 0 fully saturated rings. The monoisotopic (exact) mass is 361 g/mol. The van der Waals surface area contributed by atoms with Crippen molar-refractivity contribution >= 4 is 17.4 Å². The number of anilines is 1. The molecule has 3 rings (SSSR count). The van der Waals surface area contributed by atoms with Crippen LogP contribution in [-0.4, -0.2) is 18.8 Å². The minimum absolute atomic E-state index is 0.127. The average molecular weight is 361 g/mol. The van der Waals surface area contributed by atoms with Gasteiger partial charge < -0.3 is 9.64 Å². The molecule has 0 bridgehead atoms. The number of carbonyl (C=O) groups excluding carboxylic acids is 2. The Morgan fingerprint density at radius 2 is 1.89 bits per heavy atom. The number of ketones is 1. The zero-order valence-corrected chi connectivity index (χ0v) is 16.1. The van der Waals surface area contributed by atoms with Crippen molar-refractivity contribution in [2.45, 2.75) is 26.2 Å². The first-order valence-electron chi connectivity index (χ1n) is 8.79. The molecule has 27 heavy (non-hydrogen) atoms. The molecule has 0 radical (unpaired) electrons. The van der Waals surface area contributed by atoms with E-state index in [9.17, 15) is 9.59 Å². The summed E-state index contributed by atoms with van der Waals surface area (Å²) in [5.74, 6) is -0.308. The van der Waals surface area contributed by atoms with Crippen molar-refractivity contribution in [3.8, 4) is 0 Å². The highest BCUT2D eigenvalue weighted by atomic mass is 16.5. The van der Waals surface area contributed by atoms with Crippen LogP contribution in [0.1, 0.15) is 26.3 Å². The SMILES string of the molecule is C=C(C)C(=O)OC1=CC(=CC=C2N(C)c3ccccc3C2(C)C)C(=O)C=C1. The molecule has 0 saturated heterocycles. The summed E-state index contributed by atoms with van der Waals surface area (Å²) in [4.78, 5) is 26.1. The lowest BCUT2D eigenvalue weighted by Gasteiger charge is -2.23. The molecule has 0 aromatic heterocycles. The molecule has 0 atom stereocenters. The Hall–Kier alpha value is -3.14. The van der Waals surface area contributed by atoms with Crippen molar-refractivity contribution in [2.24, 2.45) is 0 Å². The minimum Gasteiger partial charge on any atom is -0.423 e. The first-order chi connectivity index (χ1) is 12.7. The van der Waals surface area contributed by atoms with Crippen LogP contribution in [0.3, 0.4) is 0 Å². The molecule has 1 aromatic carbocycles. The van der Waals surface area contributed by atoms with Gasteiger partial charge in [-0.15, -0.1) is 0 Å². The Bertz CT molecular complexity index is 958. The topological polar surface area (TPSA) is 46.6 Å². The van der Waals surface area contributed by atoms with Crippen LogP contribution in [0.25, 0.3) is 0 Å². The summed E-state index contributed by atoms with van der Waals surface area (Å²) in [6, 6.07) is 8.28. The highest BCUT2D eigenvalue weighted by Crippen LogP contribution is 2.46. The first-order valence-corrected chi connectivity index (χ1v) is 8.79. The van der Waals surface area contributed by atoms with Gasteiger partial charge in [-0.25, -0.2) is 4.79 Å². The van der Waals surface area contributed by atoms with Crippen molar-refractivity contribution in [1.29, 1.82) is 0 Å². The molecule has 2 aliphatic rings. The Morgan fingerprint density at radius 1 is 1.19 bits per heavy atom. The van der Waals surface area contributed by atoms with Crippen LogP contribution in [0.4, 0.5) is 5.69 Å². The summed E-state index contributed by atoms with van der Waals surface area (Å²) in [5.41, 5.74) is 4.10. The maximum Gasteiger partial charge on any atom is 0.338 e. The van der Waals surface area contributed by atoms with Crippen molar-refractivity contribution < 1.29 is 14.3 Å². The molecule has 0 spiro atoms. The Labute approximate surface area is 159 Å². The largest absolute Gasteiger partial charge is 0.423 e. The van der Waals surface area contributed by atoms with Gasteiger partial charge in [-0.1, -0.05) is 38.6 Å². The molecule has 1 aliphatic carbocycles. The summed E-state index contributed by atoms with van der Waals surface area (Å²) in [7, 11) is 2.02. The quantitative estimate of drug-likeness (QED) is 0.593. The van der Waals surface area contributed by atoms with Crippen LogP contribution in [-0.2, 0) is 19.7 Å². The normalized spacial score (nSPS) is 20.7. The Morgan fingerprint density at radius 3 is 2.56 bits per heavy atom. The maximum absolute atomic E-state index is 12.2.